The Morgan fingerprint density at radius 3 is 2.60 bits per heavy atom. The predicted molar refractivity (Wildman–Crippen MR) is 95.4 cm³/mol. The Kier molecular flexibility index (Phi) is 4.53. The van der Waals surface area contributed by atoms with Gasteiger partial charge in [0.2, 0.25) is 5.91 Å². The Hall–Kier alpha value is -2.21. The van der Waals surface area contributed by atoms with Crippen molar-refractivity contribution in [2.75, 3.05) is 6.54 Å². The van der Waals surface area contributed by atoms with Crippen molar-refractivity contribution in [3.05, 3.63) is 36.2 Å². The number of carbonyl (C=O) groups excluding carboxylic acids is 1. The molecular formula is C19H25N5O. The molecule has 1 aromatic carbocycles. The summed E-state index contributed by atoms with van der Waals surface area (Å²) >= 11 is 0. The van der Waals surface area contributed by atoms with Crippen molar-refractivity contribution in [1.82, 2.24) is 19.7 Å². The van der Waals surface area contributed by atoms with E-state index < -0.39 is 0 Å². The molecule has 132 valence electrons. The summed E-state index contributed by atoms with van der Waals surface area (Å²) in [6.07, 6.45) is 5.82. The van der Waals surface area contributed by atoms with Gasteiger partial charge in [-0.25, -0.2) is 0 Å². The minimum atomic E-state index is -0.372. The highest BCUT2D eigenvalue weighted by molar-refractivity contribution is 5.82. The van der Waals surface area contributed by atoms with Gasteiger partial charge in [-0.05, 0) is 18.8 Å². The van der Waals surface area contributed by atoms with Gasteiger partial charge in [-0.3, -0.25) is 4.79 Å². The van der Waals surface area contributed by atoms with Gasteiger partial charge in [-0.2, -0.15) is 0 Å². The molecule has 1 fully saturated rings. The van der Waals surface area contributed by atoms with E-state index in [1.54, 1.807) is 0 Å². The Balaban J connectivity index is 1.48. The summed E-state index contributed by atoms with van der Waals surface area (Å²) in [5, 5.41) is 8.66. The van der Waals surface area contributed by atoms with Crippen molar-refractivity contribution in [3.8, 4) is 11.4 Å². The highest BCUT2D eigenvalue weighted by Gasteiger charge is 2.32. The summed E-state index contributed by atoms with van der Waals surface area (Å²) in [4.78, 5) is 14.7. The van der Waals surface area contributed by atoms with Crippen LogP contribution in [0.5, 0.6) is 0 Å². The normalized spacial score (nSPS) is 19.5. The average Bonchev–Trinajstić information content (AvgIpc) is 3.11. The van der Waals surface area contributed by atoms with Crippen LogP contribution >= 0.6 is 0 Å². The SMILES string of the molecule is N[C@H](C(=O)N1CCn2c(nnc2-c2ccccc2)C1)C1CCCCC1. The highest BCUT2D eigenvalue weighted by atomic mass is 16.2. The second kappa shape index (κ2) is 6.96. The quantitative estimate of drug-likeness (QED) is 0.930. The second-order valence-electron chi connectivity index (χ2n) is 7.14. The Morgan fingerprint density at radius 1 is 1.08 bits per heavy atom. The van der Waals surface area contributed by atoms with E-state index in [9.17, 15) is 4.79 Å². The number of carbonyl (C=O) groups is 1. The molecule has 6 nitrogen and oxygen atoms in total. The topological polar surface area (TPSA) is 77.0 Å². The van der Waals surface area contributed by atoms with E-state index in [1.807, 2.05) is 35.2 Å². The van der Waals surface area contributed by atoms with Crippen LogP contribution in [0.1, 0.15) is 37.9 Å². The van der Waals surface area contributed by atoms with Gasteiger partial charge in [0, 0.05) is 18.7 Å². The van der Waals surface area contributed by atoms with Crippen LogP contribution in [-0.4, -0.2) is 38.2 Å². The smallest absolute Gasteiger partial charge is 0.240 e. The van der Waals surface area contributed by atoms with E-state index in [0.717, 1.165) is 36.6 Å². The van der Waals surface area contributed by atoms with Gasteiger partial charge in [-0.1, -0.05) is 49.6 Å². The maximum Gasteiger partial charge on any atom is 0.240 e. The third kappa shape index (κ3) is 3.18. The predicted octanol–water partition coefficient (Wildman–Crippen LogP) is 2.19. The summed E-state index contributed by atoms with van der Waals surface area (Å²) < 4.78 is 2.12. The number of benzene rings is 1. The monoisotopic (exact) mass is 339 g/mol. The zero-order valence-corrected chi connectivity index (χ0v) is 14.5. The van der Waals surface area contributed by atoms with Crippen LogP contribution in [0.3, 0.4) is 0 Å². The first-order valence-corrected chi connectivity index (χ1v) is 9.26. The molecule has 4 rings (SSSR count). The zero-order chi connectivity index (χ0) is 17.2. The summed E-state index contributed by atoms with van der Waals surface area (Å²) in [6.45, 7) is 1.89. The first kappa shape index (κ1) is 16.3. The lowest BCUT2D eigenvalue weighted by atomic mass is 9.83. The standard InChI is InChI=1S/C19H25N5O/c20-17(14-7-3-1-4-8-14)19(25)23-11-12-24-16(13-23)21-22-18(24)15-9-5-2-6-10-15/h2,5-6,9-10,14,17H,1,3-4,7-8,11-13,20H2/t17-/m0/s1. The van der Waals surface area contributed by atoms with E-state index in [-0.39, 0.29) is 11.9 Å². The van der Waals surface area contributed by atoms with Crippen molar-refractivity contribution >= 4 is 5.91 Å². The average molecular weight is 339 g/mol. The molecule has 1 amide bonds. The van der Waals surface area contributed by atoms with Gasteiger partial charge in [0.1, 0.15) is 0 Å². The molecule has 0 spiro atoms. The van der Waals surface area contributed by atoms with E-state index in [0.29, 0.717) is 19.0 Å². The third-order valence-corrected chi connectivity index (χ3v) is 5.54. The number of fused-ring (bicyclic) bond motifs is 1. The molecule has 2 aromatic rings. The van der Waals surface area contributed by atoms with Crippen LogP contribution in [0, 0.1) is 5.92 Å². The number of hydrogen-bond acceptors (Lipinski definition) is 4. The molecule has 0 radical (unpaired) electrons. The molecule has 1 aliphatic carbocycles. The van der Waals surface area contributed by atoms with Crippen LogP contribution in [0.4, 0.5) is 0 Å². The number of amides is 1. The first-order chi connectivity index (χ1) is 12.2. The maximum atomic E-state index is 12.8. The minimum Gasteiger partial charge on any atom is -0.332 e. The molecule has 2 N–H and O–H groups in total. The van der Waals surface area contributed by atoms with Crippen molar-refractivity contribution in [3.63, 3.8) is 0 Å². The number of rotatable bonds is 3. The molecule has 2 aliphatic rings. The number of nitrogens with zero attached hydrogens (tertiary/aromatic N) is 4. The lowest BCUT2D eigenvalue weighted by Crippen LogP contribution is -2.50. The van der Waals surface area contributed by atoms with E-state index in [1.165, 1.54) is 19.3 Å². The molecule has 1 atom stereocenters. The molecule has 1 aromatic heterocycles. The first-order valence-electron chi connectivity index (χ1n) is 9.26. The van der Waals surface area contributed by atoms with Crippen molar-refractivity contribution in [2.24, 2.45) is 11.7 Å². The summed E-state index contributed by atoms with van der Waals surface area (Å²) in [5.74, 6) is 2.12. The lowest BCUT2D eigenvalue weighted by molar-refractivity contribution is -0.135. The van der Waals surface area contributed by atoms with Gasteiger partial charge in [0.25, 0.3) is 0 Å². The zero-order valence-electron chi connectivity index (χ0n) is 14.5. The van der Waals surface area contributed by atoms with Crippen molar-refractivity contribution in [1.29, 1.82) is 0 Å². The molecule has 0 bridgehead atoms. The largest absolute Gasteiger partial charge is 0.332 e. The molecule has 1 saturated carbocycles. The van der Waals surface area contributed by atoms with Crippen LogP contribution in [0.2, 0.25) is 0 Å². The van der Waals surface area contributed by atoms with Gasteiger partial charge in [-0.15, -0.1) is 10.2 Å². The Bertz CT molecular complexity index is 736. The number of nitrogens with two attached hydrogens (primary N) is 1. The lowest BCUT2D eigenvalue weighted by Gasteiger charge is -2.33. The second-order valence-corrected chi connectivity index (χ2v) is 7.14. The molecule has 0 saturated heterocycles. The molecule has 2 heterocycles. The molecule has 0 unspecified atom stereocenters. The summed E-state index contributed by atoms with van der Waals surface area (Å²) in [5.41, 5.74) is 7.36. The molecule has 25 heavy (non-hydrogen) atoms. The summed E-state index contributed by atoms with van der Waals surface area (Å²) in [7, 11) is 0. The van der Waals surface area contributed by atoms with Crippen LogP contribution < -0.4 is 5.73 Å². The molecular weight excluding hydrogens is 314 g/mol. The number of hydrogen-bond donors (Lipinski definition) is 1. The van der Waals surface area contributed by atoms with Gasteiger partial charge < -0.3 is 15.2 Å². The van der Waals surface area contributed by atoms with Gasteiger partial charge in [0.05, 0.1) is 12.6 Å². The fraction of sp³-hybridized carbons (Fsp3) is 0.526. The van der Waals surface area contributed by atoms with E-state index in [4.69, 9.17) is 5.73 Å². The van der Waals surface area contributed by atoms with E-state index in [2.05, 4.69) is 14.8 Å². The molecule has 1 aliphatic heterocycles. The minimum absolute atomic E-state index is 0.0717. The Morgan fingerprint density at radius 2 is 1.84 bits per heavy atom. The number of aromatic nitrogens is 3. The van der Waals surface area contributed by atoms with Gasteiger partial charge >= 0.3 is 0 Å². The van der Waals surface area contributed by atoms with Crippen LogP contribution in [0.25, 0.3) is 11.4 Å². The van der Waals surface area contributed by atoms with Crippen LogP contribution in [0.15, 0.2) is 30.3 Å². The van der Waals surface area contributed by atoms with Crippen molar-refractivity contribution in [2.45, 2.75) is 51.2 Å². The third-order valence-electron chi connectivity index (χ3n) is 5.54. The highest BCUT2D eigenvalue weighted by Crippen LogP contribution is 2.27. The summed E-state index contributed by atoms with van der Waals surface area (Å²) in [6, 6.07) is 9.69. The van der Waals surface area contributed by atoms with Crippen molar-refractivity contribution < 1.29 is 4.79 Å². The fourth-order valence-electron chi connectivity index (χ4n) is 4.05. The fourth-order valence-corrected chi connectivity index (χ4v) is 4.05. The van der Waals surface area contributed by atoms with E-state index >= 15 is 0 Å². The molecule has 6 heteroatoms. The van der Waals surface area contributed by atoms with Crippen LogP contribution in [-0.2, 0) is 17.9 Å². The Labute approximate surface area is 148 Å². The van der Waals surface area contributed by atoms with Gasteiger partial charge in [0.15, 0.2) is 11.6 Å². The maximum absolute atomic E-state index is 12.8.